The fourth-order valence-electron chi connectivity index (χ4n) is 8.47. The topological polar surface area (TPSA) is 63.4 Å². The zero-order chi connectivity index (χ0) is 34.6. The molecule has 4 nitrogen and oxygen atoms in total. The average molecular weight is 685 g/mol. The molecule has 6 heteroatoms. The predicted octanol–water partition coefficient (Wildman–Crippen LogP) is 3.81. The van der Waals surface area contributed by atoms with Gasteiger partial charge in [-0.1, -0.05) is 182 Å². The van der Waals surface area contributed by atoms with E-state index in [1.54, 1.807) is 6.92 Å². The molecule has 1 aliphatic heterocycles. The van der Waals surface area contributed by atoms with Crippen molar-refractivity contribution in [3.05, 3.63) is 194 Å². The Labute approximate surface area is 296 Å². The van der Waals surface area contributed by atoms with Crippen LogP contribution in [0.2, 0.25) is 0 Å². The molecule has 1 aliphatic rings. The van der Waals surface area contributed by atoms with Gasteiger partial charge >= 0.3 is 0 Å². The summed E-state index contributed by atoms with van der Waals surface area (Å²) >= 11 is 0. The lowest BCUT2D eigenvalue weighted by molar-refractivity contribution is -0.137. The standard InChI is InChI=1S/C44H40N2O2Si2/c1-35-34-42(47)46(43(35)48)33-32-44(45,49(36-20-8-2-9-21-36,37-22-10-3-11-23-37)38-24-12-4-13-25-38)50(39-26-14-5-15-27-39,40-28-16-6-17-29-40)41-30-18-7-19-31-41/h2-31,34H,32-33,45H2,1H3. The second-order valence-corrected chi connectivity index (χ2v) is 21.8. The largest absolute Gasteiger partial charge is 0.328 e. The van der Waals surface area contributed by atoms with Gasteiger partial charge in [0.2, 0.25) is 0 Å². The van der Waals surface area contributed by atoms with Gasteiger partial charge < -0.3 is 5.73 Å². The summed E-state index contributed by atoms with van der Waals surface area (Å²) in [6.07, 6.45) is 1.83. The summed E-state index contributed by atoms with van der Waals surface area (Å²) < 4.78 is 0. The number of benzene rings is 6. The third kappa shape index (κ3) is 5.24. The van der Waals surface area contributed by atoms with Crippen molar-refractivity contribution in [1.82, 2.24) is 4.90 Å². The van der Waals surface area contributed by atoms with Crippen molar-refractivity contribution in [2.75, 3.05) is 6.54 Å². The summed E-state index contributed by atoms with van der Waals surface area (Å²) in [7, 11) is -6.84. The molecule has 0 radical (unpaired) electrons. The van der Waals surface area contributed by atoms with Crippen LogP contribution in [0.15, 0.2) is 194 Å². The molecule has 7 rings (SSSR count). The molecule has 0 saturated heterocycles. The minimum Gasteiger partial charge on any atom is -0.328 e. The Balaban J connectivity index is 1.70. The molecule has 1 heterocycles. The lowest BCUT2D eigenvalue weighted by Crippen LogP contribution is -2.97. The molecule has 2 N–H and O–H groups in total. The SMILES string of the molecule is CC1=CC(=O)N(CCC(N)([Si](c2ccccc2)(c2ccccc2)c2ccccc2)[Si](c2ccccc2)(c2ccccc2)c2ccccc2)C1=O. The molecule has 0 fully saturated rings. The molecule has 246 valence electrons. The molecule has 0 atom stereocenters. The highest BCUT2D eigenvalue weighted by molar-refractivity contribution is 7.29. The number of carbonyl (C=O) groups is 2. The fourth-order valence-corrected chi connectivity index (χ4v) is 23.5. The molecule has 50 heavy (non-hydrogen) atoms. The van der Waals surface area contributed by atoms with Crippen LogP contribution in [0.5, 0.6) is 0 Å². The lowest BCUT2D eigenvalue weighted by atomic mass is 10.3. The van der Waals surface area contributed by atoms with Crippen molar-refractivity contribution >= 4 is 59.1 Å². The van der Waals surface area contributed by atoms with Gasteiger partial charge in [-0.2, -0.15) is 0 Å². The van der Waals surface area contributed by atoms with Gasteiger partial charge in [-0.05, 0) is 44.5 Å². The van der Waals surface area contributed by atoms with E-state index < -0.39 is 20.9 Å². The van der Waals surface area contributed by atoms with E-state index in [1.165, 1.54) is 42.1 Å². The predicted molar refractivity (Wildman–Crippen MR) is 210 cm³/mol. The van der Waals surface area contributed by atoms with Gasteiger partial charge in [-0.3, -0.25) is 14.5 Å². The van der Waals surface area contributed by atoms with Crippen LogP contribution in [-0.2, 0) is 9.59 Å². The van der Waals surface area contributed by atoms with E-state index >= 15 is 0 Å². The van der Waals surface area contributed by atoms with E-state index in [2.05, 4.69) is 182 Å². The van der Waals surface area contributed by atoms with Gasteiger partial charge in [0.05, 0.1) is 0 Å². The summed E-state index contributed by atoms with van der Waals surface area (Å²) in [5.74, 6) is -0.539. The number of imide groups is 1. The quantitative estimate of drug-likeness (QED) is 0.128. The third-order valence-electron chi connectivity index (χ3n) is 10.5. The number of amides is 2. The van der Waals surface area contributed by atoms with Gasteiger partial charge in [0.25, 0.3) is 11.8 Å². The van der Waals surface area contributed by atoms with Crippen LogP contribution in [0, 0.1) is 0 Å². The van der Waals surface area contributed by atoms with E-state index in [0.29, 0.717) is 12.0 Å². The third-order valence-corrected chi connectivity index (χ3v) is 23.1. The first kappa shape index (κ1) is 33.1. The number of hydrogen-bond acceptors (Lipinski definition) is 3. The summed E-state index contributed by atoms with van der Waals surface area (Å²) in [4.78, 5) is 27.4. The first-order valence-corrected chi connectivity index (χ1v) is 21.1. The second-order valence-electron chi connectivity index (χ2n) is 13.0. The van der Waals surface area contributed by atoms with Gasteiger partial charge in [-0.25, -0.2) is 0 Å². The second kappa shape index (κ2) is 13.8. The highest BCUT2D eigenvalue weighted by Crippen LogP contribution is 2.34. The van der Waals surface area contributed by atoms with E-state index in [1.807, 2.05) is 0 Å². The van der Waals surface area contributed by atoms with Gasteiger partial charge in [-0.15, -0.1) is 0 Å². The minimum atomic E-state index is -3.42. The Bertz CT molecular complexity index is 1790. The molecule has 0 bridgehead atoms. The molecule has 6 aromatic carbocycles. The summed E-state index contributed by atoms with van der Waals surface area (Å²) in [6, 6.07) is 64.6. The minimum absolute atomic E-state index is 0.185. The monoisotopic (exact) mass is 684 g/mol. The first-order valence-electron chi connectivity index (χ1n) is 17.1. The van der Waals surface area contributed by atoms with Gasteiger partial charge in [0.1, 0.15) is 0 Å². The molecule has 2 amide bonds. The highest BCUT2D eigenvalue weighted by atomic mass is 28.4. The van der Waals surface area contributed by atoms with E-state index in [-0.39, 0.29) is 18.4 Å². The Morgan fingerprint density at radius 2 is 0.740 bits per heavy atom. The molecule has 0 aliphatic carbocycles. The van der Waals surface area contributed by atoms with Gasteiger partial charge in [0.15, 0.2) is 16.1 Å². The Morgan fingerprint density at radius 1 is 0.480 bits per heavy atom. The molecule has 0 spiro atoms. The van der Waals surface area contributed by atoms with E-state index in [4.69, 9.17) is 5.73 Å². The van der Waals surface area contributed by atoms with Crippen molar-refractivity contribution in [1.29, 1.82) is 0 Å². The maximum absolute atomic E-state index is 13.6. The van der Waals surface area contributed by atoms with Crippen molar-refractivity contribution in [3.63, 3.8) is 0 Å². The lowest BCUT2D eigenvalue weighted by Gasteiger charge is -2.58. The smallest absolute Gasteiger partial charge is 0.256 e. The van der Waals surface area contributed by atoms with Crippen LogP contribution in [0.25, 0.3) is 0 Å². The number of nitrogens with zero attached hydrogens (tertiary/aromatic N) is 1. The summed E-state index contributed by atoms with van der Waals surface area (Å²) in [5, 5.41) is 7.04. The van der Waals surface area contributed by atoms with Crippen molar-refractivity contribution in [2.45, 2.75) is 18.1 Å². The van der Waals surface area contributed by atoms with E-state index in [0.717, 1.165) is 0 Å². The normalized spacial score (nSPS) is 13.7. The maximum atomic E-state index is 13.6. The fraction of sp³-hybridized carbons (Fsp3) is 0.0909. The number of rotatable bonds is 11. The molecule has 0 unspecified atom stereocenters. The van der Waals surface area contributed by atoms with Crippen LogP contribution in [-0.4, -0.2) is 44.2 Å². The summed E-state index contributed by atoms with van der Waals surface area (Å²) in [6.45, 7) is 1.90. The Hall–Kier alpha value is -5.41. The van der Waals surface area contributed by atoms with Crippen molar-refractivity contribution in [3.8, 4) is 0 Å². The first-order chi connectivity index (χ1) is 24.4. The highest BCUT2D eigenvalue weighted by Gasteiger charge is 2.67. The number of hydrogen-bond donors (Lipinski definition) is 1. The van der Waals surface area contributed by atoms with Gasteiger partial charge in [0, 0.05) is 23.0 Å². The van der Waals surface area contributed by atoms with Crippen molar-refractivity contribution in [2.24, 2.45) is 5.73 Å². The molecular formula is C44H40N2O2Si2. The molecule has 0 saturated carbocycles. The van der Waals surface area contributed by atoms with Crippen LogP contribution in [0.4, 0.5) is 0 Å². The van der Waals surface area contributed by atoms with Crippen molar-refractivity contribution < 1.29 is 9.59 Å². The maximum Gasteiger partial charge on any atom is 0.256 e. The van der Waals surface area contributed by atoms with Crippen LogP contribution >= 0.6 is 0 Å². The zero-order valence-electron chi connectivity index (χ0n) is 28.2. The summed E-state index contributed by atoms with van der Waals surface area (Å²) in [5.41, 5.74) is 9.26. The zero-order valence-corrected chi connectivity index (χ0v) is 30.2. The Kier molecular flexibility index (Phi) is 9.16. The number of carbonyl (C=O) groups excluding carboxylic acids is 2. The molecule has 6 aromatic rings. The van der Waals surface area contributed by atoms with Crippen LogP contribution in [0.1, 0.15) is 13.3 Å². The molecular weight excluding hydrogens is 645 g/mol. The molecule has 0 aromatic heterocycles. The average Bonchev–Trinajstić information content (AvgIpc) is 3.43. The Morgan fingerprint density at radius 3 is 0.960 bits per heavy atom. The van der Waals surface area contributed by atoms with Crippen LogP contribution in [0.3, 0.4) is 0 Å². The van der Waals surface area contributed by atoms with E-state index in [9.17, 15) is 9.59 Å². The van der Waals surface area contributed by atoms with Crippen LogP contribution < -0.4 is 36.9 Å². The number of nitrogens with two attached hydrogens (primary N) is 1.